The summed E-state index contributed by atoms with van der Waals surface area (Å²) in [5, 5.41) is 9.62. The maximum absolute atomic E-state index is 12.8. The van der Waals surface area contributed by atoms with Crippen molar-refractivity contribution in [1.29, 1.82) is 0 Å². The van der Waals surface area contributed by atoms with E-state index in [9.17, 15) is 9.90 Å². The summed E-state index contributed by atoms with van der Waals surface area (Å²) in [5.74, 6) is 0.312. The summed E-state index contributed by atoms with van der Waals surface area (Å²) >= 11 is 0. The number of phenols is 1. The zero-order chi connectivity index (χ0) is 17.8. The highest BCUT2D eigenvalue weighted by Gasteiger charge is 2.28. The first-order chi connectivity index (χ1) is 12.1. The molecule has 2 aromatic rings. The first kappa shape index (κ1) is 17.3. The topological polar surface area (TPSA) is 43.8 Å². The van der Waals surface area contributed by atoms with Crippen molar-refractivity contribution in [3.8, 4) is 5.75 Å². The van der Waals surface area contributed by atoms with Crippen LogP contribution in [0.5, 0.6) is 5.75 Å². The second-order valence-corrected chi connectivity index (χ2v) is 6.66. The van der Waals surface area contributed by atoms with Crippen molar-refractivity contribution in [2.75, 3.05) is 18.0 Å². The van der Waals surface area contributed by atoms with Crippen molar-refractivity contribution in [2.24, 2.45) is 0 Å². The summed E-state index contributed by atoms with van der Waals surface area (Å²) in [7, 11) is 0. The third-order valence-electron chi connectivity index (χ3n) is 4.61. The fraction of sp³-hybridized carbons (Fsp3) is 0.381. The molecule has 0 unspecified atom stereocenters. The van der Waals surface area contributed by atoms with Gasteiger partial charge < -0.3 is 14.9 Å². The largest absolute Gasteiger partial charge is 0.508 e. The number of hydrogen-bond acceptors (Lipinski definition) is 3. The average Bonchev–Trinajstić information content (AvgIpc) is 2.90. The highest BCUT2D eigenvalue weighted by molar-refractivity contribution is 5.99. The van der Waals surface area contributed by atoms with Crippen molar-refractivity contribution in [1.82, 2.24) is 4.90 Å². The second kappa shape index (κ2) is 7.60. The Morgan fingerprint density at radius 2 is 1.84 bits per heavy atom. The van der Waals surface area contributed by atoms with E-state index in [1.165, 1.54) is 0 Å². The molecule has 0 spiro atoms. The number of rotatable bonds is 7. The highest BCUT2D eigenvalue weighted by Crippen LogP contribution is 2.29. The lowest BCUT2D eigenvalue weighted by atomic mass is 10.1. The third-order valence-corrected chi connectivity index (χ3v) is 4.61. The number of carbonyl (C=O) groups is 1. The van der Waals surface area contributed by atoms with Crippen LogP contribution in [0.3, 0.4) is 0 Å². The van der Waals surface area contributed by atoms with E-state index in [4.69, 9.17) is 0 Å². The summed E-state index contributed by atoms with van der Waals surface area (Å²) < 4.78 is 0. The molecule has 0 aromatic heterocycles. The van der Waals surface area contributed by atoms with E-state index in [0.717, 1.165) is 48.3 Å². The summed E-state index contributed by atoms with van der Waals surface area (Å²) in [6.45, 7) is 7.52. The summed E-state index contributed by atoms with van der Waals surface area (Å²) in [6.07, 6.45) is 2.18. The number of fused-ring (bicyclic) bond motifs is 1. The fourth-order valence-electron chi connectivity index (χ4n) is 3.46. The number of hydrogen-bond donors (Lipinski definition) is 1. The fourth-order valence-corrected chi connectivity index (χ4v) is 3.46. The highest BCUT2D eigenvalue weighted by atomic mass is 16.3. The minimum atomic E-state index is 0.0770. The molecule has 1 aliphatic heterocycles. The molecule has 1 heterocycles. The number of carbonyl (C=O) groups excluding carboxylic acids is 1. The number of benzene rings is 2. The molecule has 0 saturated heterocycles. The van der Waals surface area contributed by atoms with Gasteiger partial charge in [0.15, 0.2) is 0 Å². The van der Waals surface area contributed by atoms with Gasteiger partial charge in [0.2, 0.25) is 0 Å². The normalized spacial score (nSPS) is 13.2. The van der Waals surface area contributed by atoms with Crippen molar-refractivity contribution >= 4 is 11.6 Å². The molecule has 25 heavy (non-hydrogen) atoms. The Hall–Kier alpha value is -2.49. The molecule has 0 fully saturated rings. The van der Waals surface area contributed by atoms with E-state index in [0.29, 0.717) is 13.1 Å². The Labute approximate surface area is 149 Å². The quantitative estimate of drug-likeness (QED) is 0.824. The second-order valence-electron chi connectivity index (χ2n) is 6.66. The number of phenolic OH excluding ortho intramolecular Hbond substituents is 1. The third kappa shape index (κ3) is 3.78. The molecular weight excluding hydrogens is 312 g/mol. The molecule has 4 nitrogen and oxygen atoms in total. The Kier molecular flexibility index (Phi) is 5.27. The van der Waals surface area contributed by atoms with Gasteiger partial charge in [-0.05, 0) is 48.2 Å². The molecule has 0 aliphatic carbocycles. The zero-order valence-electron chi connectivity index (χ0n) is 15.0. The van der Waals surface area contributed by atoms with Gasteiger partial charge in [0, 0.05) is 37.4 Å². The van der Waals surface area contributed by atoms with Crippen LogP contribution in [0.25, 0.3) is 0 Å². The Morgan fingerprint density at radius 1 is 1.08 bits per heavy atom. The molecule has 4 heteroatoms. The standard InChI is InChI=1S/C21H26N2O2/c1-3-10-22(11-4-2)18-9-8-17-15-23(21(25)20(17)13-18)14-16-6-5-7-19(24)12-16/h5-9,12-13,24H,3-4,10-11,14-15H2,1-2H3. The molecule has 0 bridgehead atoms. The lowest BCUT2D eigenvalue weighted by Gasteiger charge is -2.24. The lowest BCUT2D eigenvalue weighted by molar-refractivity contribution is 0.0766. The molecule has 2 aromatic carbocycles. The number of aromatic hydroxyl groups is 1. The van der Waals surface area contributed by atoms with Crippen LogP contribution in [0.1, 0.15) is 48.2 Å². The summed E-state index contributed by atoms with van der Waals surface area (Å²) in [5.41, 5.74) is 3.98. The Bertz CT molecular complexity index is 751. The van der Waals surface area contributed by atoms with Crippen molar-refractivity contribution in [3.05, 3.63) is 59.2 Å². The summed E-state index contributed by atoms with van der Waals surface area (Å²) in [4.78, 5) is 17.0. The number of anilines is 1. The van der Waals surface area contributed by atoms with Gasteiger partial charge in [0.25, 0.3) is 5.91 Å². The van der Waals surface area contributed by atoms with Crippen LogP contribution in [0, 0.1) is 0 Å². The van der Waals surface area contributed by atoms with E-state index >= 15 is 0 Å². The molecular formula is C21H26N2O2. The van der Waals surface area contributed by atoms with Gasteiger partial charge in [-0.15, -0.1) is 0 Å². The Balaban J connectivity index is 1.79. The summed E-state index contributed by atoms with van der Waals surface area (Å²) in [6, 6.07) is 13.4. The van der Waals surface area contributed by atoms with Crippen LogP contribution in [0.15, 0.2) is 42.5 Å². The van der Waals surface area contributed by atoms with Gasteiger partial charge in [-0.3, -0.25) is 4.79 Å². The predicted octanol–water partition coefficient (Wildman–Crippen LogP) is 4.17. The van der Waals surface area contributed by atoms with E-state index in [2.05, 4.69) is 30.9 Å². The van der Waals surface area contributed by atoms with Crippen LogP contribution >= 0.6 is 0 Å². The lowest BCUT2D eigenvalue weighted by Crippen LogP contribution is -2.25. The van der Waals surface area contributed by atoms with Gasteiger partial charge in [0.05, 0.1) is 0 Å². The van der Waals surface area contributed by atoms with Gasteiger partial charge in [-0.1, -0.05) is 32.0 Å². The first-order valence-electron chi connectivity index (χ1n) is 9.07. The van der Waals surface area contributed by atoms with Crippen LogP contribution in [0.2, 0.25) is 0 Å². The molecule has 1 amide bonds. The van der Waals surface area contributed by atoms with Crippen LogP contribution in [-0.4, -0.2) is 29.0 Å². The van der Waals surface area contributed by atoms with Crippen LogP contribution in [-0.2, 0) is 13.1 Å². The van der Waals surface area contributed by atoms with E-state index in [-0.39, 0.29) is 11.7 Å². The van der Waals surface area contributed by atoms with Crippen molar-refractivity contribution in [3.63, 3.8) is 0 Å². The van der Waals surface area contributed by atoms with Gasteiger partial charge in [-0.25, -0.2) is 0 Å². The zero-order valence-corrected chi connectivity index (χ0v) is 15.0. The van der Waals surface area contributed by atoms with E-state index in [1.54, 1.807) is 12.1 Å². The smallest absolute Gasteiger partial charge is 0.254 e. The average molecular weight is 338 g/mol. The van der Waals surface area contributed by atoms with Crippen LogP contribution in [0.4, 0.5) is 5.69 Å². The minimum absolute atomic E-state index is 0.0770. The number of amides is 1. The van der Waals surface area contributed by atoms with E-state index < -0.39 is 0 Å². The van der Waals surface area contributed by atoms with Gasteiger partial charge in [0.1, 0.15) is 5.75 Å². The van der Waals surface area contributed by atoms with Gasteiger partial charge >= 0.3 is 0 Å². The molecule has 1 N–H and O–H groups in total. The molecule has 0 saturated carbocycles. The molecule has 0 radical (unpaired) electrons. The van der Waals surface area contributed by atoms with E-state index in [1.807, 2.05) is 23.1 Å². The van der Waals surface area contributed by atoms with Crippen molar-refractivity contribution in [2.45, 2.75) is 39.8 Å². The maximum atomic E-state index is 12.8. The van der Waals surface area contributed by atoms with Gasteiger partial charge in [-0.2, -0.15) is 0 Å². The SMILES string of the molecule is CCCN(CCC)c1ccc2c(c1)C(=O)N(Cc1cccc(O)c1)C2. The van der Waals surface area contributed by atoms with Crippen molar-refractivity contribution < 1.29 is 9.90 Å². The first-order valence-corrected chi connectivity index (χ1v) is 9.07. The molecule has 1 aliphatic rings. The molecule has 3 rings (SSSR count). The number of nitrogens with zero attached hydrogens (tertiary/aromatic N) is 2. The molecule has 132 valence electrons. The van der Waals surface area contributed by atoms with Crippen LogP contribution < -0.4 is 4.90 Å². The predicted molar refractivity (Wildman–Crippen MR) is 101 cm³/mol. The minimum Gasteiger partial charge on any atom is -0.508 e. The molecule has 0 atom stereocenters. The monoisotopic (exact) mass is 338 g/mol. The maximum Gasteiger partial charge on any atom is 0.254 e. The Morgan fingerprint density at radius 3 is 2.52 bits per heavy atom.